The molecule has 1 heterocycles. The van der Waals surface area contributed by atoms with E-state index in [1.54, 1.807) is 30.9 Å². The highest BCUT2D eigenvalue weighted by Gasteiger charge is 2.23. The summed E-state index contributed by atoms with van der Waals surface area (Å²) in [6, 6.07) is 9.96. The summed E-state index contributed by atoms with van der Waals surface area (Å²) in [6.07, 6.45) is 8.18. The maximum atomic E-state index is 15.3. The molecule has 0 bridgehead atoms. The lowest BCUT2D eigenvalue weighted by atomic mass is 9.90. The van der Waals surface area contributed by atoms with E-state index in [0.29, 0.717) is 30.5 Å². The van der Waals surface area contributed by atoms with E-state index in [1.807, 2.05) is 25.3 Å². The average molecular weight is 499 g/mol. The van der Waals surface area contributed by atoms with E-state index < -0.39 is 17.4 Å². The molecule has 186 valence electrons. The number of nitrogens with zero attached hydrogens (tertiary/aromatic N) is 3. The van der Waals surface area contributed by atoms with Gasteiger partial charge in [0.1, 0.15) is 23.1 Å². The molecule has 0 spiro atoms. The molecule has 9 heteroatoms. The predicted molar refractivity (Wildman–Crippen MR) is 136 cm³/mol. The molecule has 1 saturated carbocycles. The third-order valence-corrected chi connectivity index (χ3v) is 7.20. The van der Waals surface area contributed by atoms with Crippen LogP contribution in [0.3, 0.4) is 0 Å². The van der Waals surface area contributed by atoms with Crippen molar-refractivity contribution < 1.29 is 13.9 Å². The largest absolute Gasteiger partial charge is 0.492 e. The van der Waals surface area contributed by atoms with Crippen LogP contribution in [0.4, 0.5) is 10.1 Å². The molecule has 1 fully saturated rings. The summed E-state index contributed by atoms with van der Waals surface area (Å²) in [4.78, 5) is 26.9. The smallest absolute Gasteiger partial charge is 0.350 e. The lowest BCUT2D eigenvalue weighted by Gasteiger charge is -2.22. The second kappa shape index (κ2) is 11.1. The Morgan fingerprint density at radius 1 is 1.20 bits per heavy atom. The third-order valence-electron chi connectivity index (χ3n) is 6.46. The van der Waals surface area contributed by atoms with Crippen LogP contribution in [0, 0.1) is 11.7 Å². The van der Waals surface area contributed by atoms with Crippen LogP contribution in [0.5, 0.6) is 5.75 Å². The summed E-state index contributed by atoms with van der Waals surface area (Å²) in [7, 11) is 1.60. The van der Waals surface area contributed by atoms with Gasteiger partial charge >= 0.3 is 5.69 Å². The fourth-order valence-corrected chi connectivity index (χ4v) is 4.79. The summed E-state index contributed by atoms with van der Waals surface area (Å²) in [5.41, 5.74) is 0.189. The second-order valence-electron chi connectivity index (χ2n) is 8.82. The lowest BCUT2D eigenvalue weighted by Crippen LogP contribution is -2.24. The van der Waals surface area contributed by atoms with Crippen LogP contribution >= 0.6 is 11.8 Å². The van der Waals surface area contributed by atoms with Crippen LogP contribution in [0.2, 0.25) is 0 Å². The van der Waals surface area contributed by atoms with Gasteiger partial charge in [-0.25, -0.2) is 9.18 Å². The molecule has 1 N–H and O–H groups in total. The summed E-state index contributed by atoms with van der Waals surface area (Å²) in [5, 5.41) is 7.10. The zero-order valence-electron chi connectivity index (χ0n) is 20.3. The first-order valence-corrected chi connectivity index (χ1v) is 13.2. The fourth-order valence-electron chi connectivity index (χ4n) is 4.38. The molecular weight excluding hydrogens is 467 g/mol. The highest BCUT2D eigenvalue weighted by atomic mass is 32.2. The van der Waals surface area contributed by atoms with E-state index >= 15 is 4.39 Å². The Bertz CT molecular complexity index is 1250. The maximum Gasteiger partial charge on any atom is 0.350 e. The summed E-state index contributed by atoms with van der Waals surface area (Å²) >= 11 is 1.60. The van der Waals surface area contributed by atoms with Gasteiger partial charge in [0.25, 0.3) is 5.91 Å². The van der Waals surface area contributed by atoms with Gasteiger partial charge in [-0.05, 0) is 55.3 Å². The molecule has 4 rings (SSSR count). The number of hydrogen-bond donors (Lipinski definition) is 1. The number of nitrogens with one attached hydrogen (secondary N) is 1. The minimum Gasteiger partial charge on any atom is -0.492 e. The Kier molecular flexibility index (Phi) is 7.95. The van der Waals surface area contributed by atoms with Gasteiger partial charge in [-0.15, -0.1) is 16.9 Å². The van der Waals surface area contributed by atoms with Crippen molar-refractivity contribution in [1.82, 2.24) is 14.3 Å². The number of amides is 1. The molecule has 0 unspecified atom stereocenters. The number of rotatable bonds is 8. The molecule has 0 radical (unpaired) electrons. The van der Waals surface area contributed by atoms with Gasteiger partial charge in [0.05, 0.1) is 12.2 Å². The Balaban J connectivity index is 1.68. The summed E-state index contributed by atoms with van der Waals surface area (Å²) in [6.45, 7) is 2.31. The minimum absolute atomic E-state index is 0.0372. The van der Waals surface area contributed by atoms with Crippen LogP contribution in [-0.2, 0) is 13.5 Å². The zero-order chi connectivity index (χ0) is 24.9. The van der Waals surface area contributed by atoms with Gasteiger partial charge in [-0.3, -0.25) is 9.36 Å². The highest BCUT2D eigenvalue weighted by Crippen LogP contribution is 2.29. The first kappa shape index (κ1) is 25.0. The van der Waals surface area contributed by atoms with Crippen molar-refractivity contribution in [3.63, 3.8) is 0 Å². The van der Waals surface area contributed by atoms with Crippen molar-refractivity contribution in [2.45, 2.75) is 50.3 Å². The van der Waals surface area contributed by atoms with Crippen LogP contribution in [0.15, 0.2) is 46.1 Å². The molecule has 7 nitrogen and oxygen atoms in total. The van der Waals surface area contributed by atoms with Crippen molar-refractivity contribution in [1.29, 1.82) is 0 Å². The molecule has 1 amide bonds. The third kappa shape index (κ3) is 5.61. The van der Waals surface area contributed by atoms with Crippen molar-refractivity contribution in [2.75, 3.05) is 18.2 Å². The normalized spacial score (nSPS) is 14.2. The van der Waals surface area contributed by atoms with Gasteiger partial charge in [0.15, 0.2) is 0 Å². The van der Waals surface area contributed by atoms with E-state index in [4.69, 9.17) is 4.74 Å². The number of benzene rings is 2. The van der Waals surface area contributed by atoms with E-state index in [1.165, 1.54) is 17.1 Å². The number of ether oxygens (including phenoxy) is 1. The van der Waals surface area contributed by atoms with Crippen molar-refractivity contribution in [3.8, 4) is 11.4 Å². The predicted octanol–water partition coefficient (Wildman–Crippen LogP) is 5.21. The Hall–Kier alpha value is -3.07. The maximum absolute atomic E-state index is 15.3. The first-order chi connectivity index (χ1) is 16.9. The van der Waals surface area contributed by atoms with Gasteiger partial charge in [0.2, 0.25) is 0 Å². The van der Waals surface area contributed by atoms with E-state index in [-0.39, 0.29) is 17.0 Å². The Morgan fingerprint density at radius 3 is 2.54 bits per heavy atom. The van der Waals surface area contributed by atoms with Gasteiger partial charge in [-0.2, -0.15) is 4.68 Å². The lowest BCUT2D eigenvalue weighted by molar-refractivity contribution is 0.102. The number of thioether (sulfide) groups is 1. The zero-order valence-corrected chi connectivity index (χ0v) is 21.2. The van der Waals surface area contributed by atoms with Crippen molar-refractivity contribution in [3.05, 3.63) is 64.1 Å². The number of anilines is 1. The Morgan fingerprint density at radius 2 is 1.91 bits per heavy atom. The molecule has 35 heavy (non-hydrogen) atoms. The second-order valence-corrected chi connectivity index (χ2v) is 9.70. The monoisotopic (exact) mass is 498 g/mol. The summed E-state index contributed by atoms with van der Waals surface area (Å²) < 4.78 is 23.8. The summed E-state index contributed by atoms with van der Waals surface area (Å²) in [5.74, 6) is -0.0405. The number of carbonyl (C=O) groups excluding carboxylic acids is 1. The van der Waals surface area contributed by atoms with Gasteiger partial charge in [0, 0.05) is 30.1 Å². The van der Waals surface area contributed by atoms with Crippen LogP contribution in [0.25, 0.3) is 5.69 Å². The average Bonchev–Trinajstić information content (AvgIpc) is 3.17. The van der Waals surface area contributed by atoms with E-state index in [0.717, 1.165) is 41.3 Å². The van der Waals surface area contributed by atoms with Crippen LogP contribution < -0.4 is 15.7 Å². The molecule has 1 aliphatic rings. The number of halogens is 1. The quantitative estimate of drug-likeness (QED) is 0.432. The topological polar surface area (TPSA) is 78.2 Å². The number of carbonyl (C=O) groups is 1. The SMILES string of the molecule is CCc1nn(-c2cc(OCC3CCCCC3)c(C(=O)Nc3ccc(SC)cc3)cc2F)c(=O)n1C. The van der Waals surface area contributed by atoms with Crippen molar-refractivity contribution >= 4 is 23.4 Å². The molecule has 1 aromatic heterocycles. The van der Waals surface area contributed by atoms with Crippen molar-refractivity contribution in [2.24, 2.45) is 13.0 Å². The van der Waals surface area contributed by atoms with Crippen LogP contribution in [-0.4, -0.2) is 33.1 Å². The van der Waals surface area contributed by atoms with Gasteiger partial charge in [-0.1, -0.05) is 26.2 Å². The molecule has 3 aromatic rings. The van der Waals surface area contributed by atoms with Gasteiger partial charge < -0.3 is 10.1 Å². The molecule has 0 atom stereocenters. The standard InChI is InChI=1S/C26H31FN4O3S/c1-4-24-29-31(26(33)30(24)2)22-15-23(34-16-17-8-6-5-7-9-17)20(14-21(22)27)25(32)28-18-10-12-19(35-3)13-11-18/h10-15,17H,4-9,16H2,1-3H3,(H,28,32). The van der Waals surface area contributed by atoms with E-state index in [9.17, 15) is 9.59 Å². The highest BCUT2D eigenvalue weighted by molar-refractivity contribution is 7.98. The minimum atomic E-state index is -0.722. The molecular formula is C26H31FN4O3S. The molecule has 0 aliphatic heterocycles. The Labute approximate surface area is 208 Å². The fraction of sp³-hybridized carbons (Fsp3) is 0.423. The van der Waals surface area contributed by atoms with E-state index in [2.05, 4.69) is 10.4 Å². The van der Waals surface area contributed by atoms with Crippen LogP contribution in [0.1, 0.15) is 55.2 Å². The first-order valence-electron chi connectivity index (χ1n) is 12.0. The molecule has 0 saturated heterocycles. The number of aromatic nitrogens is 3. The number of hydrogen-bond acceptors (Lipinski definition) is 5. The number of aryl methyl sites for hydroxylation is 1. The molecule has 1 aliphatic carbocycles. The molecule has 2 aromatic carbocycles.